The summed E-state index contributed by atoms with van der Waals surface area (Å²) in [5, 5.41) is 0. The lowest BCUT2D eigenvalue weighted by Gasteiger charge is -2.22. The van der Waals surface area contributed by atoms with E-state index in [2.05, 4.69) is 18.3 Å². The second kappa shape index (κ2) is 8.44. The van der Waals surface area contributed by atoms with Crippen LogP contribution in [0, 0.1) is 0 Å². The number of rotatable bonds is 5. The fourth-order valence-electron chi connectivity index (χ4n) is 1.27. The van der Waals surface area contributed by atoms with Gasteiger partial charge in [-0.3, -0.25) is 4.90 Å². The van der Waals surface area contributed by atoms with E-state index in [0.29, 0.717) is 0 Å². The van der Waals surface area contributed by atoms with Gasteiger partial charge in [0.2, 0.25) is 0 Å². The molecular weight excluding hydrogens is 392 g/mol. The fourth-order valence-corrected chi connectivity index (χ4v) is 2.98. The number of nitrogens with one attached hydrogen (secondary N) is 1. The molecule has 1 heterocycles. The molecule has 1 rings (SSSR count). The molecule has 0 aromatic heterocycles. The topological polar surface area (TPSA) is 99.2 Å². The lowest BCUT2D eigenvalue weighted by Crippen LogP contribution is -3.09. The molecule has 1 aliphatic rings. The van der Waals surface area contributed by atoms with Gasteiger partial charge in [0, 0.05) is 0 Å². The van der Waals surface area contributed by atoms with E-state index in [-0.39, 0.29) is 0 Å². The maximum absolute atomic E-state index is 11.4. The largest absolute Gasteiger partial charge is 0.480 e. The zero-order chi connectivity index (χ0) is 19.2. The van der Waals surface area contributed by atoms with Crippen LogP contribution in [-0.2, 0) is 20.0 Å². The number of aliphatic imine (C=N–C) groups is 1. The van der Waals surface area contributed by atoms with Crippen molar-refractivity contribution in [3.8, 4) is 0 Å². The first kappa shape index (κ1) is 23.1. The molecule has 1 atom stereocenters. The molecule has 0 fully saturated rings. The molecule has 144 valence electrons. The number of hydrogen-bond donors (Lipinski definition) is 1. The highest BCUT2D eigenvalue weighted by atomic mass is 32.3. The van der Waals surface area contributed by atoms with E-state index in [1.807, 2.05) is 0 Å². The van der Waals surface area contributed by atoms with Crippen molar-refractivity contribution in [2.24, 2.45) is 4.99 Å². The van der Waals surface area contributed by atoms with Crippen molar-refractivity contribution in [1.29, 1.82) is 0 Å². The van der Waals surface area contributed by atoms with Crippen LogP contribution in [0.25, 0.3) is 4.13 Å². The fraction of sp³-hybridized carbons (Fsp3) is 0.889. The Bertz CT molecular complexity index is 585. The van der Waals surface area contributed by atoms with Gasteiger partial charge in [-0.25, -0.2) is 21.8 Å². The Balaban J connectivity index is 0.000000496. The van der Waals surface area contributed by atoms with Gasteiger partial charge in [0.25, 0.3) is 0 Å². The number of nitrogens with zero attached hydrogens (tertiary/aromatic N) is 2. The molecule has 24 heavy (non-hydrogen) atoms. The van der Waals surface area contributed by atoms with Crippen molar-refractivity contribution in [2.75, 3.05) is 19.6 Å². The molecule has 0 radical (unpaired) electrons. The number of halogens is 6. The molecule has 0 saturated heterocycles. The monoisotopic (exact) mass is 407 g/mol. The minimum atomic E-state index is -6.72. The predicted octanol–water partition coefficient (Wildman–Crippen LogP) is 0.773. The van der Waals surface area contributed by atoms with Gasteiger partial charge in [0.15, 0.2) is 26.4 Å². The van der Waals surface area contributed by atoms with Crippen molar-refractivity contribution in [3.05, 3.63) is 4.13 Å². The minimum absolute atomic E-state index is 0.778. The molecule has 7 nitrogen and oxygen atoms in total. The van der Waals surface area contributed by atoms with E-state index < -0.39 is 31.1 Å². The van der Waals surface area contributed by atoms with E-state index in [9.17, 15) is 43.2 Å². The second-order valence-corrected chi connectivity index (χ2v) is 7.89. The summed E-state index contributed by atoms with van der Waals surface area (Å²) in [6.45, 7) is 5.77. The third-order valence-electron chi connectivity index (χ3n) is 2.47. The van der Waals surface area contributed by atoms with Gasteiger partial charge < -0.3 is 4.13 Å². The van der Waals surface area contributed by atoms with Gasteiger partial charge in [-0.05, 0) is 6.42 Å². The average molecular weight is 407 g/mol. The van der Waals surface area contributed by atoms with Crippen LogP contribution in [0.5, 0.6) is 0 Å². The summed E-state index contributed by atoms with van der Waals surface area (Å²) in [4.78, 5) is 5.71. The number of hydrogen-bond acceptors (Lipinski definition) is 5. The Kier molecular flexibility index (Phi) is 8.11. The van der Waals surface area contributed by atoms with Crippen LogP contribution in [0.4, 0.5) is 26.3 Å². The Morgan fingerprint density at radius 2 is 1.50 bits per heavy atom. The first-order valence-corrected chi connectivity index (χ1v) is 9.23. The van der Waals surface area contributed by atoms with Crippen LogP contribution in [0.3, 0.4) is 0 Å². The summed E-state index contributed by atoms with van der Waals surface area (Å²) in [5.74, 6) is 0. The van der Waals surface area contributed by atoms with E-state index in [4.69, 9.17) is 0 Å². The van der Waals surface area contributed by atoms with E-state index in [0.717, 1.165) is 10.7 Å². The third-order valence-corrected chi connectivity index (χ3v) is 5.21. The van der Waals surface area contributed by atoms with Gasteiger partial charge in [-0.2, -0.15) is 26.3 Å². The van der Waals surface area contributed by atoms with Gasteiger partial charge in [-0.1, -0.05) is 13.3 Å². The van der Waals surface area contributed by atoms with Crippen molar-refractivity contribution >= 4 is 26.4 Å². The molecule has 0 spiro atoms. The van der Waals surface area contributed by atoms with E-state index >= 15 is 0 Å². The molecule has 0 amide bonds. The normalized spacial score (nSPS) is 19.0. The van der Waals surface area contributed by atoms with Crippen LogP contribution in [-0.4, -0.2) is 53.8 Å². The molecule has 0 aromatic carbocycles. The van der Waals surface area contributed by atoms with Crippen LogP contribution >= 0.6 is 0 Å². The van der Waals surface area contributed by atoms with Crippen LogP contribution < -0.4 is 4.90 Å². The average Bonchev–Trinajstić information content (AvgIpc) is 2.86. The molecular formula is C9H15F6N3O4S2. The van der Waals surface area contributed by atoms with Gasteiger partial charge in [0.1, 0.15) is 6.54 Å². The molecule has 15 heteroatoms. The number of quaternary nitrogens is 1. The molecule has 1 N–H and O–H groups in total. The van der Waals surface area contributed by atoms with Crippen LogP contribution in [0.2, 0.25) is 0 Å². The highest BCUT2D eigenvalue weighted by Crippen LogP contribution is 2.36. The van der Waals surface area contributed by atoms with Crippen LogP contribution in [0.1, 0.15) is 19.8 Å². The number of alkyl halides is 6. The van der Waals surface area contributed by atoms with Gasteiger partial charge >= 0.3 is 11.0 Å². The van der Waals surface area contributed by atoms with Crippen molar-refractivity contribution in [1.82, 2.24) is 0 Å². The van der Waals surface area contributed by atoms with Crippen molar-refractivity contribution in [2.45, 2.75) is 30.8 Å². The number of sulfonamides is 2. The molecule has 1 unspecified atom stereocenters. The SMILES string of the molecule is CCCC[NH+]1C=NCC1.O=S(=O)([N-]S(=O)(=O)C(F)(F)F)C(F)(F)F. The first-order chi connectivity index (χ1) is 10.6. The Hall–Kier alpha value is -0.930. The smallest absolute Gasteiger partial charge is 0.421 e. The highest BCUT2D eigenvalue weighted by molar-refractivity contribution is 8.13. The molecule has 0 aromatic rings. The zero-order valence-corrected chi connectivity index (χ0v) is 13.9. The quantitative estimate of drug-likeness (QED) is 0.681. The molecule has 1 aliphatic heterocycles. The highest BCUT2D eigenvalue weighted by Gasteiger charge is 2.46. The van der Waals surface area contributed by atoms with Crippen LogP contribution in [0.15, 0.2) is 4.99 Å². The zero-order valence-electron chi connectivity index (χ0n) is 12.2. The summed E-state index contributed by atoms with van der Waals surface area (Å²) in [7, 11) is -13.4. The first-order valence-electron chi connectivity index (χ1n) is 6.35. The lowest BCUT2D eigenvalue weighted by molar-refractivity contribution is -0.791. The minimum Gasteiger partial charge on any atom is -0.421 e. The van der Waals surface area contributed by atoms with Gasteiger partial charge in [0.05, 0.1) is 13.1 Å². The maximum Gasteiger partial charge on any atom is 0.480 e. The Labute approximate surface area is 134 Å². The number of unbranched alkanes of at least 4 members (excludes halogenated alkanes) is 1. The van der Waals surface area contributed by atoms with E-state index in [1.54, 1.807) is 4.90 Å². The lowest BCUT2D eigenvalue weighted by atomic mass is 10.3. The maximum atomic E-state index is 11.4. The van der Waals surface area contributed by atoms with E-state index in [1.165, 1.54) is 25.9 Å². The Morgan fingerprint density at radius 1 is 1.04 bits per heavy atom. The predicted molar refractivity (Wildman–Crippen MR) is 72.3 cm³/mol. The molecule has 0 aliphatic carbocycles. The summed E-state index contributed by atoms with van der Waals surface area (Å²) < 4.78 is 109. The third kappa shape index (κ3) is 7.31. The Morgan fingerprint density at radius 3 is 1.79 bits per heavy atom. The van der Waals surface area contributed by atoms with Crippen molar-refractivity contribution < 1.29 is 48.1 Å². The summed E-state index contributed by atoms with van der Waals surface area (Å²) in [6, 6.07) is 0. The summed E-state index contributed by atoms with van der Waals surface area (Å²) >= 11 is 0. The standard InChI is InChI=1S/C7H14N2.C2F6NO4S2/c1-2-3-5-9-6-4-8-7-9;3-1(4,5)14(10,11)9-15(12,13)2(6,7)8/h7H,2-6H2,1H3;/q;-1/p+1. The van der Waals surface area contributed by atoms with Crippen molar-refractivity contribution in [3.63, 3.8) is 0 Å². The molecule has 0 bridgehead atoms. The second-order valence-electron chi connectivity index (χ2n) is 4.46. The molecule has 0 saturated carbocycles. The van der Waals surface area contributed by atoms with Gasteiger partial charge in [-0.15, -0.1) is 0 Å². The summed E-state index contributed by atoms with van der Waals surface area (Å²) in [5.41, 5.74) is -12.4. The summed E-state index contributed by atoms with van der Waals surface area (Å²) in [6.07, 6.45) is 4.69.